The molecule has 10 heteroatoms. The molecule has 1 aliphatic carbocycles. The first-order chi connectivity index (χ1) is 19.2. The maximum Gasteiger partial charge on any atom is 0.266 e. The number of phenolic OH excluding ortho intramolecular Hbond substituents is 1. The van der Waals surface area contributed by atoms with Gasteiger partial charge in [-0.05, 0) is 80.3 Å². The number of carbonyl (C=O) groups is 1. The lowest BCUT2D eigenvalue weighted by atomic mass is 9.89. The van der Waals surface area contributed by atoms with Gasteiger partial charge >= 0.3 is 0 Å². The number of nitrogens with one attached hydrogen (secondary N) is 1. The zero-order valence-corrected chi connectivity index (χ0v) is 24.4. The molecule has 2 N–H and O–H groups in total. The van der Waals surface area contributed by atoms with Crippen LogP contribution in [-0.4, -0.2) is 45.5 Å². The average molecular weight is 603 g/mol. The fraction of sp³-hybridized carbons (Fsp3) is 0.300. The fourth-order valence-corrected chi connectivity index (χ4v) is 7.35. The molecule has 0 spiro atoms. The van der Waals surface area contributed by atoms with E-state index >= 15 is 0 Å². The summed E-state index contributed by atoms with van der Waals surface area (Å²) < 4.78 is 40.9. The van der Waals surface area contributed by atoms with Crippen LogP contribution in [0.4, 0.5) is 8.78 Å². The van der Waals surface area contributed by atoms with Crippen LogP contribution in [0.15, 0.2) is 59.5 Å². The third-order valence-electron chi connectivity index (χ3n) is 7.62. The van der Waals surface area contributed by atoms with Gasteiger partial charge in [-0.3, -0.25) is 9.00 Å². The Labute approximate surface area is 243 Å². The third-order valence-corrected chi connectivity index (χ3v) is 10.2. The second-order valence-electron chi connectivity index (χ2n) is 10.0. The summed E-state index contributed by atoms with van der Waals surface area (Å²) in [4.78, 5) is 16.5. The van der Waals surface area contributed by atoms with Crippen LogP contribution >= 0.6 is 22.9 Å². The van der Waals surface area contributed by atoms with Gasteiger partial charge in [0.15, 0.2) is 0 Å². The SMILES string of the molecule is CNC1CCC(N(Cc2cc(-c3ccc(S(C)=O)cc3)ccc2O)C(=O)c2sc3c(F)ccc(F)c3c2Cl)CC1. The van der Waals surface area contributed by atoms with Gasteiger partial charge in [0, 0.05) is 46.1 Å². The number of rotatable bonds is 7. The van der Waals surface area contributed by atoms with Crippen LogP contribution in [0.1, 0.15) is 40.9 Å². The minimum absolute atomic E-state index is 0.00786. The molecule has 1 saturated carbocycles. The van der Waals surface area contributed by atoms with Gasteiger partial charge in [0.25, 0.3) is 5.91 Å². The lowest BCUT2D eigenvalue weighted by molar-refractivity contribution is 0.0605. The Morgan fingerprint density at radius 3 is 2.33 bits per heavy atom. The Morgan fingerprint density at radius 1 is 1.05 bits per heavy atom. The second-order valence-corrected chi connectivity index (χ2v) is 12.8. The minimum Gasteiger partial charge on any atom is -0.508 e. The van der Waals surface area contributed by atoms with Gasteiger partial charge < -0.3 is 15.3 Å². The van der Waals surface area contributed by atoms with Gasteiger partial charge in [-0.2, -0.15) is 0 Å². The van der Waals surface area contributed by atoms with Gasteiger partial charge in [-0.1, -0.05) is 29.8 Å². The van der Waals surface area contributed by atoms with Crippen molar-refractivity contribution in [2.24, 2.45) is 0 Å². The van der Waals surface area contributed by atoms with E-state index in [2.05, 4.69) is 5.32 Å². The summed E-state index contributed by atoms with van der Waals surface area (Å²) >= 11 is 7.36. The van der Waals surface area contributed by atoms with E-state index in [-0.39, 0.29) is 38.3 Å². The first-order valence-electron chi connectivity index (χ1n) is 13.0. The second kappa shape index (κ2) is 11.9. The largest absolute Gasteiger partial charge is 0.508 e. The normalized spacial score (nSPS) is 18.1. The van der Waals surface area contributed by atoms with E-state index < -0.39 is 28.3 Å². The summed E-state index contributed by atoms with van der Waals surface area (Å²) in [5.41, 5.74) is 2.25. The summed E-state index contributed by atoms with van der Waals surface area (Å²) in [6.45, 7) is 0.0972. The lowest BCUT2D eigenvalue weighted by Gasteiger charge is -2.37. The summed E-state index contributed by atoms with van der Waals surface area (Å²) in [7, 11) is 0.823. The molecule has 1 aliphatic rings. The summed E-state index contributed by atoms with van der Waals surface area (Å²) in [6.07, 6.45) is 4.82. The molecule has 5 nitrogen and oxygen atoms in total. The minimum atomic E-state index is -1.10. The van der Waals surface area contributed by atoms with Crippen molar-refractivity contribution < 1.29 is 22.9 Å². The molecule has 1 atom stereocenters. The molecule has 4 aromatic rings. The van der Waals surface area contributed by atoms with Crippen molar-refractivity contribution in [3.05, 3.63) is 81.7 Å². The zero-order valence-electron chi connectivity index (χ0n) is 22.0. The first kappa shape index (κ1) is 28.7. The van der Waals surface area contributed by atoms with Crippen LogP contribution in [0.25, 0.3) is 21.2 Å². The van der Waals surface area contributed by atoms with Gasteiger partial charge in [-0.25, -0.2) is 8.78 Å². The standard InChI is InChI=1S/C30H29ClF2N2O3S2/c1-34-20-6-8-21(9-7-20)35(30(37)29-27(31)26-23(32)12-13-24(33)28(26)39-29)16-19-15-18(5-14-25(19)36)17-3-10-22(11-4-17)40(2)38/h3-5,10-15,20-21,34,36H,6-9,16H2,1-2H3. The quantitative estimate of drug-likeness (QED) is 0.236. The van der Waals surface area contributed by atoms with Gasteiger partial charge in [-0.15, -0.1) is 11.3 Å². The first-order valence-corrected chi connectivity index (χ1v) is 15.7. The van der Waals surface area contributed by atoms with Crippen molar-refractivity contribution in [2.45, 2.75) is 49.2 Å². The van der Waals surface area contributed by atoms with Crippen molar-refractivity contribution in [2.75, 3.05) is 13.3 Å². The van der Waals surface area contributed by atoms with Crippen LogP contribution in [-0.2, 0) is 17.3 Å². The molecular formula is C30H29ClF2N2O3S2. The zero-order chi connectivity index (χ0) is 28.6. The molecule has 1 amide bonds. The molecule has 1 fully saturated rings. The van der Waals surface area contributed by atoms with E-state index in [0.717, 1.165) is 60.3 Å². The van der Waals surface area contributed by atoms with E-state index in [1.165, 1.54) is 0 Å². The number of hydrogen-bond acceptors (Lipinski definition) is 5. The highest BCUT2D eigenvalue weighted by atomic mass is 35.5. The molecule has 3 aromatic carbocycles. The molecule has 5 rings (SSSR count). The van der Waals surface area contributed by atoms with Crippen LogP contribution in [0.2, 0.25) is 5.02 Å². The Bertz CT molecular complexity index is 1580. The highest BCUT2D eigenvalue weighted by Gasteiger charge is 2.33. The molecule has 40 heavy (non-hydrogen) atoms. The predicted molar refractivity (Wildman–Crippen MR) is 158 cm³/mol. The van der Waals surface area contributed by atoms with Crippen molar-refractivity contribution in [1.82, 2.24) is 10.2 Å². The van der Waals surface area contributed by atoms with E-state index in [1.807, 2.05) is 25.2 Å². The Hall–Kier alpha value is -2.85. The average Bonchev–Trinajstić information content (AvgIpc) is 3.32. The smallest absolute Gasteiger partial charge is 0.266 e. The van der Waals surface area contributed by atoms with Crippen molar-refractivity contribution in [3.8, 4) is 16.9 Å². The highest BCUT2D eigenvalue weighted by Crippen LogP contribution is 2.40. The number of amides is 1. The summed E-state index contributed by atoms with van der Waals surface area (Å²) in [6, 6.07) is 14.8. The van der Waals surface area contributed by atoms with Crippen LogP contribution in [0.5, 0.6) is 5.75 Å². The van der Waals surface area contributed by atoms with Gasteiger partial charge in [0.1, 0.15) is 22.3 Å². The van der Waals surface area contributed by atoms with E-state index in [1.54, 1.807) is 35.4 Å². The highest BCUT2D eigenvalue weighted by molar-refractivity contribution is 7.84. The monoisotopic (exact) mass is 602 g/mol. The number of fused-ring (bicyclic) bond motifs is 1. The number of halogens is 3. The predicted octanol–water partition coefficient (Wildman–Crippen LogP) is 7.12. The Balaban J connectivity index is 1.52. The Kier molecular flexibility index (Phi) is 8.56. The van der Waals surface area contributed by atoms with Crippen molar-refractivity contribution >= 4 is 49.7 Å². The summed E-state index contributed by atoms with van der Waals surface area (Å²) in [5, 5.41) is 13.9. The van der Waals surface area contributed by atoms with Gasteiger partial charge in [0.05, 0.1) is 15.1 Å². The number of benzene rings is 3. The summed E-state index contributed by atoms with van der Waals surface area (Å²) in [5.74, 6) is -1.69. The number of thiophene rings is 1. The van der Waals surface area contributed by atoms with Crippen LogP contribution in [0, 0.1) is 11.6 Å². The molecule has 1 aromatic heterocycles. The topological polar surface area (TPSA) is 69.6 Å². The number of carbonyl (C=O) groups excluding carboxylic acids is 1. The Morgan fingerprint density at radius 2 is 1.70 bits per heavy atom. The van der Waals surface area contributed by atoms with Crippen molar-refractivity contribution in [3.63, 3.8) is 0 Å². The van der Waals surface area contributed by atoms with Gasteiger partial charge in [0.2, 0.25) is 0 Å². The molecule has 1 unspecified atom stereocenters. The molecule has 1 heterocycles. The number of nitrogens with zero attached hydrogens (tertiary/aromatic N) is 1. The molecular weight excluding hydrogens is 574 g/mol. The third kappa shape index (κ3) is 5.65. The fourth-order valence-electron chi connectivity index (χ4n) is 5.32. The molecule has 210 valence electrons. The molecule has 0 saturated heterocycles. The lowest BCUT2D eigenvalue weighted by Crippen LogP contribution is -2.44. The van der Waals surface area contributed by atoms with Crippen LogP contribution in [0.3, 0.4) is 0 Å². The maximum atomic E-state index is 14.6. The van der Waals surface area contributed by atoms with E-state index in [0.29, 0.717) is 16.5 Å². The van der Waals surface area contributed by atoms with Crippen molar-refractivity contribution in [1.29, 1.82) is 0 Å². The number of hydrogen-bond donors (Lipinski definition) is 2. The van der Waals surface area contributed by atoms with Crippen LogP contribution < -0.4 is 5.32 Å². The number of phenols is 1. The maximum absolute atomic E-state index is 14.6. The molecule has 0 radical (unpaired) electrons. The molecule has 0 bridgehead atoms. The van der Waals surface area contributed by atoms with E-state index in [4.69, 9.17) is 11.6 Å². The molecule has 0 aliphatic heterocycles. The van der Waals surface area contributed by atoms with E-state index in [9.17, 15) is 22.9 Å². The number of aromatic hydroxyl groups is 1.